The molecule has 0 aromatic carbocycles. The van der Waals surface area contributed by atoms with Gasteiger partial charge in [0.2, 0.25) is 0 Å². The summed E-state index contributed by atoms with van der Waals surface area (Å²) in [5.41, 5.74) is 0. The third-order valence-corrected chi connectivity index (χ3v) is 1.11. The lowest BCUT2D eigenvalue weighted by Crippen LogP contribution is -2.23. The minimum absolute atomic E-state index is 2.21. The van der Waals surface area contributed by atoms with Gasteiger partial charge in [-0.25, -0.2) is 9.74 Å². The van der Waals surface area contributed by atoms with Crippen molar-refractivity contribution in [1.82, 2.24) is 0 Å². The van der Waals surface area contributed by atoms with Crippen molar-refractivity contribution < 1.29 is 32.0 Å². The van der Waals surface area contributed by atoms with Gasteiger partial charge in [0.1, 0.15) is 0 Å². The monoisotopic (exact) mass is 172 g/mol. The number of hydrogen-bond donors (Lipinski definition) is 1. The van der Waals surface area contributed by atoms with Crippen LogP contribution in [-0.4, -0.2) is 24.1 Å². The molecule has 0 unspecified atom stereocenters. The van der Waals surface area contributed by atoms with Gasteiger partial charge in [0, 0.05) is 4.53 Å². The molecule has 6 nitrogen and oxygen atoms in total. The van der Waals surface area contributed by atoms with Crippen molar-refractivity contribution in [3.63, 3.8) is 0 Å². The van der Waals surface area contributed by atoms with Gasteiger partial charge in [0.15, 0.2) is 0 Å². The molecule has 0 amide bonds. The fourth-order valence-electron chi connectivity index (χ4n) is 0.137. The Kier molecular flexibility index (Phi) is 2.43. The first-order valence-corrected chi connectivity index (χ1v) is 3.18. The predicted molar refractivity (Wildman–Crippen MR) is 23.8 cm³/mol. The molecule has 0 heterocycles. The lowest BCUT2D eigenvalue weighted by Gasteiger charge is -1.87. The summed E-state index contributed by atoms with van der Waals surface area (Å²) < 4.78 is 37.8. The van der Waals surface area contributed by atoms with E-state index in [9.17, 15) is 22.5 Å². The van der Waals surface area contributed by atoms with E-state index in [4.69, 9.17) is 4.55 Å². The van der Waals surface area contributed by atoms with E-state index in [0.29, 0.717) is 0 Å². The summed E-state index contributed by atoms with van der Waals surface area (Å²) >= 11 is 0. The van der Waals surface area contributed by atoms with E-state index < -0.39 is 21.2 Å². The number of carbonyl (C=O) groups excluding carboxylic acids is 2. The maximum atomic E-state index is 10.7. The lowest BCUT2D eigenvalue weighted by atomic mass is 10.8. The van der Waals surface area contributed by atoms with E-state index in [-0.39, 0.29) is 0 Å². The van der Waals surface area contributed by atoms with Gasteiger partial charge in [0.05, 0.1) is 0 Å². The van der Waals surface area contributed by atoms with Gasteiger partial charge in [-0.15, -0.1) is 0 Å². The molecule has 8 heteroatoms. The molecular formula is C2HFO6S. The quantitative estimate of drug-likeness (QED) is 0.365. The van der Waals surface area contributed by atoms with Crippen molar-refractivity contribution in [1.29, 1.82) is 0 Å². The van der Waals surface area contributed by atoms with E-state index in [1.165, 1.54) is 0 Å². The molecule has 0 aromatic rings. The molecular weight excluding hydrogens is 171 g/mol. The van der Waals surface area contributed by atoms with Crippen LogP contribution in [-0.2, 0) is 24.6 Å². The van der Waals surface area contributed by atoms with Crippen LogP contribution in [0.3, 0.4) is 0 Å². The Morgan fingerprint density at radius 3 is 1.90 bits per heavy atom. The van der Waals surface area contributed by atoms with Gasteiger partial charge in [-0.2, -0.15) is 8.42 Å². The van der Waals surface area contributed by atoms with Crippen LogP contribution in [0, 0.1) is 0 Å². The number of rotatable bonds is 0. The second-order valence-electron chi connectivity index (χ2n) is 1.13. The molecule has 10 heavy (non-hydrogen) atoms. The zero-order valence-electron chi connectivity index (χ0n) is 4.27. The van der Waals surface area contributed by atoms with Crippen molar-refractivity contribution in [2.75, 3.05) is 0 Å². The molecule has 0 radical (unpaired) electrons. The van der Waals surface area contributed by atoms with Crippen LogP contribution in [0.25, 0.3) is 0 Å². The summed E-state index contributed by atoms with van der Waals surface area (Å²) in [4.78, 5) is 21.7. The fourth-order valence-corrected chi connectivity index (χ4v) is 0.379. The first-order valence-electron chi connectivity index (χ1n) is 1.74. The predicted octanol–water partition coefficient (Wildman–Crippen LogP) is -1.17. The van der Waals surface area contributed by atoms with Crippen LogP contribution in [0.15, 0.2) is 0 Å². The normalized spacial score (nSPS) is 10.6. The largest absolute Gasteiger partial charge is 0.433 e. The molecule has 1 N–H and O–H groups in total. The van der Waals surface area contributed by atoms with E-state index in [2.05, 4.69) is 4.94 Å². The molecule has 0 aromatic heterocycles. The number of halogens is 1. The van der Waals surface area contributed by atoms with Gasteiger partial charge in [-0.05, 0) is 0 Å². The summed E-state index contributed by atoms with van der Waals surface area (Å²) in [5.74, 6) is -2.28. The molecule has 58 valence electrons. The number of hydrogen-bond acceptors (Lipinski definition) is 5. The molecule has 0 spiro atoms. The average Bonchev–Trinajstić information content (AvgIpc) is 1.83. The standard InChI is InChI=1S/C2HFO6S/c3-9-1(4)2(5)10(6,7)8/h(H,6,7,8). The topological polar surface area (TPSA) is 97.7 Å². The Bertz CT molecular complexity index is 251. The summed E-state index contributed by atoms with van der Waals surface area (Å²) in [6.45, 7) is 0. The molecule has 0 atom stereocenters. The molecule has 0 aliphatic heterocycles. The van der Waals surface area contributed by atoms with Crippen molar-refractivity contribution in [3.05, 3.63) is 0 Å². The van der Waals surface area contributed by atoms with Crippen LogP contribution in [0.5, 0.6) is 0 Å². The SMILES string of the molecule is O=C(OF)C(=O)S(=O)(=O)O. The van der Waals surface area contributed by atoms with Gasteiger partial charge < -0.3 is 0 Å². The first kappa shape index (κ1) is 8.98. The second kappa shape index (κ2) is 2.71. The van der Waals surface area contributed by atoms with Gasteiger partial charge in [-0.3, -0.25) is 9.35 Å². The highest BCUT2D eigenvalue weighted by Crippen LogP contribution is 1.89. The number of carbonyl (C=O) groups is 2. The van der Waals surface area contributed by atoms with Gasteiger partial charge in [0.25, 0.3) is 0 Å². The van der Waals surface area contributed by atoms with Crippen molar-refractivity contribution in [2.45, 2.75) is 0 Å². The van der Waals surface area contributed by atoms with Crippen molar-refractivity contribution in [3.8, 4) is 0 Å². The van der Waals surface area contributed by atoms with Gasteiger partial charge >= 0.3 is 21.2 Å². The molecule has 0 saturated carbocycles. The van der Waals surface area contributed by atoms with Crippen LogP contribution >= 0.6 is 0 Å². The highest BCUT2D eigenvalue weighted by molar-refractivity contribution is 8.03. The lowest BCUT2D eigenvalue weighted by molar-refractivity contribution is -0.183. The molecule has 0 fully saturated rings. The Morgan fingerprint density at radius 2 is 1.80 bits per heavy atom. The zero-order valence-corrected chi connectivity index (χ0v) is 5.09. The molecule has 0 bridgehead atoms. The Labute approximate surface area is 54.2 Å². The minimum atomic E-state index is -5.17. The third-order valence-electron chi connectivity index (χ3n) is 0.471. The maximum absolute atomic E-state index is 10.7. The Hall–Kier alpha value is -1.02. The molecule has 0 aliphatic rings. The Morgan fingerprint density at radius 1 is 1.40 bits per heavy atom. The average molecular weight is 172 g/mol. The highest BCUT2D eigenvalue weighted by Gasteiger charge is 2.29. The van der Waals surface area contributed by atoms with E-state index >= 15 is 0 Å². The van der Waals surface area contributed by atoms with Gasteiger partial charge in [-0.1, -0.05) is 0 Å². The van der Waals surface area contributed by atoms with E-state index in [1.54, 1.807) is 0 Å². The fraction of sp³-hybridized carbons (Fsp3) is 0. The van der Waals surface area contributed by atoms with Crippen molar-refractivity contribution in [2.24, 2.45) is 0 Å². The third kappa shape index (κ3) is 2.07. The summed E-state index contributed by atoms with van der Waals surface area (Å²) in [6.07, 6.45) is 0. The zero-order chi connectivity index (χ0) is 8.36. The first-order chi connectivity index (χ1) is 4.39. The molecule has 0 rings (SSSR count). The summed E-state index contributed by atoms with van der Waals surface area (Å²) in [5, 5.41) is -2.34. The summed E-state index contributed by atoms with van der Waals surface area (Å²) in [6, 6.07) is 0. The summed E-state index contributed by atoms with van der Waals surface area (Å²) in [7, 11) is -5.17. The maximum Gasteiger partial charge on any atom is 0.433 e. The van der Waals surface area contributed by atoms with E-state index in [1.807, 2.05) is 0 Å². The molecule has 0 saturated heterocycles. The smallest absolute Gasteiger partial charge is 0.279 e. The van der Waals surface area contributed by atoms with E-state index in [0.717, 1.165) is 0 Å². The molecule has 0 aliphatic carbocycles. The van der Waals surface area contributed by atoms with Crippen LogP contribution < -0.4 is 0 Å². The highest BCUT2D eigenvalue weighted by atomic mass is 32.2. The minimum Gasteiger partial charge on any atom is -0.279 e. The van der Waals surface area contributed by atoms with Crippen LogP contribution in [0.1, 0.15) is 0 Å². The Balaban J connectivity index is 4.57. The van der Waals surface area contributed by atoms with Crippen LogP contribution in [0.2, 0.25) is 0 Å². The van der Waals surface area contributed by atoms with Crippen LogP contribution in [0.4, 0.5) is 4.53 Å². The van der Waals surface area contributed by atoms with Crippen molar-refractivity contribution >= 4 is 21.2 Å². The second-order valence-corrected chi connectivity index (χ2v) is 2.45.